The quantitative estimate of drug-likeness (QED) is 0.0987. The molecule has 11 aromatic rings. The Morgan fingerprint density at radius 1 is 0.534 bits per heavy atom. The van der Waals surface area contributed by atoms with E-state index >= 15 is 0 Å². The Morgan fingerprint density at radius 2 is 1.26 bits per heavy atom. The molecule has 4 aromatic heterocycles. The fourth-order valence-electron chi connectivity index (χ4n) is 9.15. The van der Waals surface area contributed by atoms with Crippen LogP contribution in [0.3, 0.4) is 0 Å². The minimum absolute atomic E-state index is 0. The van der Waals surface area contributed by atoms with Crippen LogP contribution in [0.2, 0.25) is 0 Å². The average Bonchev–Trinajstić information content (AvgIpc) is 3.91. The van der Waals surface area contributed by atoms with Crippen LogP contribution in [0.1, 0.15) is 0 Å². The van der Waals surface area contributed by atoms with E-state index in [1.807, 2.05) is 42.9 Å². The van der Waals surface area contributed by atoms with E-state index in [4.69, 9.17) is 19.4 Å². The van der Waals surface area contributed by atoms with Gasteiger partial charge in [0.1, 0.15) is 17.1 Å². The molecule has 58 heavy (non-hydrogen) atoms. The zero-order valence-corrected chi connectivity index (χ0v) is 33.3. The number of hydrogen-bond acceptors (Lipinski definition) is 4. The van der Waals surface area contributed by atoms with Crippen molar-refractivity contribution in [2.75, 3.05) is 0 Å². The van der Waals surface area contributed by atoms with Gasteiger partial charge in [-0.2, -0.15) is 6.07 Å². The standard InChI is InChI=1S/C50H30N4O2Si.Pd/c1-3-15-36(16-4-1)57(37-17-5-2-6-18-37)46-23-10-9-22-44(46)56-45-27-26-43-47(48(45)57)40-20-12-28-51-50(40)54(43)33-13-11-14-34(31-33)55-35-24-25-38-39-19-7-8-21-42(39)53-30-29-52-49(53)41(38)32-35;/h1-30H;/q-2;+2. The third-order valence-corrected chi connectivity index (χ3v) is 16.3. The van der Waals surface area contributed by atoms with E-state index in [1.165, 1.54) is 20.7 Å². The number of aromatic nitrogens is 4. The largest absolute Gasteiger partial charge is 2.00 e. The molecule has 12 rings (SSSR count). The molecule has 1 aliphatic heterocycles. The summed E-state index contributed by atoms with van der Waals surface area (Å²) in [6.07, 6.45) is 5.68. The number of rotatable bonds is 5. The molecular weight excluding hydrogens is 823 g/mol. The Bertz CT molecular complexity index is 3340. The Balaban J connectivity index is 0.00000385. The third-order valence-electron chi connectivity index (χ3n) is 11.4. The maximum Gasteiger partial charge on any atom is 2.00 e. The summed E-state index contributed by atoms with van der Waals surface area (Å²) in [7, 11) is -2.97. The van der Waals surface area contributed by atoms with E-state index in [-0.39, 0.29) is 20.4 Å². The molecule has 5 heterocycles. The van der Waals surface area contributed by atoms with Crippen LogP contribution in [0.15, 0.2) is 182 Å². The summed E-state index contributed by atoms with van der Waals surface area (Å²) in [5, 5.41) is 10.3. The smallest absolute Gasteiger partial charge is 0.503 e. The van der Waals surface area contributed by atoms with Crippen molar-refractivity contribution in [2.24, 2.45) is 0 Å². The van der Waals surface area contributed by atoms with E-state index in [0.717, 1.165) is 66.4 Å². The van der Waals surface area contributed by atoms with Crippen molar-refractivity contribution in [2.45, 2.75) is 0 Å². The summed E-state index contributed by atoms with van der Waals surface area (Å²) in [6, 6.07) is 64.6. The first-order chi connectivity index (χ1) is 28.3. The van der Waals surface area contributed by atoms with Crippen LogP contribution >= 0.6 is 0 Å². The van der Waals surface area contributed by atoms with Gasteiger partial charge < -0.3 is 18.4 Å². The Hall–Kier alpha value is -6.82. The number of fused-ring (bicyclic) bond motifs is 12. The second kappa shape index (κ2) is 13.4. The molecule has 6 nitrogen and oxygen atoms in total. The van der Waals surface area contributed by atoms with Crippen molar-refractivity contribution in [3.05, 3.63) is 195 Å². The molecule has 0 spiro atoms. The molecule has 0 unspecified atom stereocenters. The van der Waals surface area contributed by atoms with Gasteiger partial charge in [-0.25, -0.2) is 4.98 Å². The minimum atomic E-state index is -2.97. The molecule has 1 aliphatic rings. The van der Waals surface area contributed by atoms with Gasteiger partial charge in [-0.1, -0.05) is 120 Å². The van der Waals surface area contributed by atoms with Crippen LogP contribution in [0, 0.1) is 12.1 Å². The SMILES string of the molecule is [Pd+2].[c-]1c(Oc2[c-]c3c(cc2)c2ccccc2n2ccnc32)cccc1-n1c2ccc3c(c2c2cccnc21)[Si](c1ccccc1)(c1ccccc1)c1ccccc1O3. The van der Waals surface area contributed by atoms with Gasteiger partial charge in [0.05, 0.1) is 11.2 Å². The molecule has 0 fully saturated rings. The second-order valence-corrected chi connectivity index (χ2v) is 18.1. The maximum absolute atomic E-state index is 6.88. The number of hydrogen-bond donors (Lipinski definition) is 0. The number of pyridine rings is 2. The summed E-state index contributed by atoms with van der Waals surface area (Å²) in [5.41, 5.74) is 4.61. The third kappa shape index (κ3) is 4.93. The molecule has 0 saturated carbocycles. The van der Waals surface area contributed by atoms with Crippen LogP contribution in [0.25, 0.3) is 54.9 Å². The molecule has 0 saturated heterocycles. The molecular formula is C50H30N4O2PdSi. The van der Waals surface area contributed by atoms with E-state index in [0.29, 0.717) is 11.5 Å². The number of imidazole rings is 1. The van der Waals surface area contributed by atoms with Crippen molar-refractivity contribution >= 4 is 78.1 Å². The van der Waals surface area contributed by atoms with Gasteiger partial charge in [-0.3, -0.25) is 4.98 Å². The molecule has 276 valence electrons. The zero-order chi connectivity index (χ0) is 37.5. The number of para-hydroxylation sites is 2. The van der Waals surface area contributed by atoms with E-state index in [2.05, 4.69) is 161 Å². The monoisotopic (exact) mass is 852 g/mol. The molecule has 0 aliphatic carbocycles. The number of ether oxygens (including phenoxy) is 2. The van der Waals surface area contributed by atoms with Gasteiger partial charge in [0.2, 0.25) is 0 Å². The summed E-state index contributed by atoms with van der Waals surface area (Å²) < 4.78 is 17.8. The van der Waals surface area contributed by atoms with Crippen LogP contribution in [0.4, 0.5) is 0 Å². The van der Waals surface area contributed by atoms with Gasteiger partial charge in [0.25, 0.3) is 0 Å². The topological polar surface area (TPSA) is 53.6 Å². The molecule has 0 amide bonds. The van der Waals surface area contributed by atoms with Crippen LogP contribution in [0.5, 0.6) is 23.0 Å². The van der Waals surface area contributed by atoms with Crippen molar-refractivity contribution in [3.8, 4) is 28.7 Å². The summed E-state index contributed by atoms with van der Waals surface area (Å²) in [5.74, 6) is 2.93. The van der Waals surface area contributed by atoms with Gasteiger partial charge >= 0.3 is 20.4 Å². The molecule has 8 heteroatoms. The second-order valence-electron chi connectivity index (χ2n) is 14.4. The van der Waals surface area contributed by atoms with Gasteiger partial charge in [-0.15, -0.1) is 30.3 Å². The van der Waals surface area contributed by atoms with Crippen LogP contribution < -0.4 is 30.2 Å². The molecule has 7 aromatic carbocycles. The van der Waals surface area contributed by atoms with Crippen molar-refractivity contribution in [3.63, 3.8) is 0 Å². The maximum atomic E-state index is 6.88. The van der Waals surface area contributed by atoms with E-state index < -0.39 is 8.07 Å². The fourth-order valence-corrected chi connectivity index (χ4v) is 14.3. The predicted octanol–water partition coefficient (Wildman–Crippen LogP) is 9.01. The molecule has 0 bridgehead atoms. The summed E-state index contributed by atoms with van der Waals surface area (Å²) in [6.45, 7) is 0. The minimum Gasteiger partial charge on any atom is -0.503 e. The van der Waals surface area contributed by atoms with Gasteiger partial charge in [-0.05, 0) is 57.3 Å². The van der Waals surface area contributed by atoms with Crippen LogP contribution in [-0.4, -0.2) is 27.0 Å². The fraction of sp³-hybridized carbons (Fsp3) is 0. The van der Waals surface area contributed by atoms with E-state index in [1.54, 1.807) is 0 Å². The van der Waals surface area contributed by atoms with Crippen molar-refractivity contribution in [1.82, 2.24) is 18.9 Å². The van der Waals surface area contributed by atoms with Gasteiger partial charge in [0, 0.05) is 51.6 Å². The number of nitrogens with zero attached hydrogens (tertiary/aromatic N) is 4. The molecule has 0 atom stereocenters. The average molecular weight is 853 g/mol. The normalized spacial score (nSPS) is 13.0. The van der Waals surface area contributed by atoms with Gasteiger partial charge in [0.15, 0.2) is 8.07 Å². The Kier molecular flexibility index (Phi) is 7.95. The number of benzene rings is 7. The molecule has 0 N–H and O–H groups in total. The first kappa shape index (κ1) is 34.4. The molecule has 0 radical (unpaired) electrons. The van der Waals surface area contributed by atoms with Crippen LogP contribution in [-0.2, 0) is 20.4 Å². The van der Waals surface area contributed by atoms with Crippen molar-refractivity contribution < 1.29 is 29.9 Å². The van der Waals surface area contributed by atoms with E-state index in [9.17, 15) is 0 Å². The summed E-state index contributed by atoms with van der Waals surface area (Å²) >= 11 is 0. The zero-order valence-electron chi connectivity index (χ0n) is 30.7. The first-order valence-corrected chi connectivity index (χ1v) is 21.0. The predicted molar refractivity (Wildman–Crippen MR) is 230 cm³/mol. The Morgan fingerprint density at radius 3 is 2.10 bits per heavy atom. The first-order valence-electron chi connectivity index (χ1n) is 19.0. The Labute approximate surface area is 348 Å². The summed E-state index contributed by atoms with van der Waals surface area (Å²) in [4.78, 5) is 9.73. The van der Waals surface area contributed by atoms with Crippen molar-refractivity contribution in [1.29, 1.82) is 0 Å².